The van der Waals surface area contributed by atoms with Crippen molar-refractivity contribution < 1.29 is 39.8 Å². The molecular weight excluding hydrogens is 1100 g/mol. The highest BCUT2D eigenvalue weighted by molar-refractivity contribution is 5.76. The van der Waals surface area contributed by atoms with Crippen molar-refractivity contribution in [1.29, 1.82) is 0 Å². The van der Waals surface area contributed by atoms with E-state index in [0.717, 1.165) is 83.5 Å². The summed E-state index contributed by atoms with van der Waals surface area (Å²) in [5, 5.41) is 54.8. The molecule has 0 saturated carbocycles. The molecule has 1 rings (SSSR count). The Morgan fingerprint density at radius 1 is 0.393 bits per heavy atom. The fraction of sp³-hybridized carbons (Fsp3) is 0.762. The fourth-order valence-corrected chi connectivity index (χ4v) is 11.5. The molecule has 1 saturated heterocycles. The van der Waals surface area contributed by atoms with Gasteiger partial charge < -0.3 is 40.3 Å². The number of amides is 1. The van der Waals surface area contributed by atoms with Gasteiger partial charge in [-0.2, -0.15) is 0 Å². The van der Waals surface area contributed by atoms with Gasteiger partial charge in [0.15, 0.2) is 6.29 Å². The molecule has 0 aromatic heterocycles. The van der Waals surface area contributed by atoms with Gasteiger partial charge in [-0.25, -0.2) is 0 Å². The second-order valence-corrected chi connectivity index (χ2v) is 25.7. The van der Waals surface area contributed by atoms with Crippen molar-refractivity contribution in [2.75, 3.05) is 13.2 Å². The highest BCUT2D eigenvalue weighted by atomic mass is 16.7. The second kappa shape index (κ2) is 67.7. The quantitative estimate of drug-likeness (QED) is 0.0261. The summed E-state index contributed by atoms with van der Waals surface area (Å²) >= 11 is 0. The third-order valence-electron chi connectivity index (χ3n) is 17.3. The molecule has 514 valence electrons. The molecule has 0 aromatic rings. The van der Waals surface area contributed by atoms with Crippen LogP contribution in [-0.2, 0) is 14.3 Å². The Labute approximate surface area is 548 Å². The molecule has 9 heteroatoms. The number of unbranched alkanes of at least 4 members (excludes halogenated alkanes) is 39. The molecule has 1 aliphatic rings. The summed E-state index contributed by atoms with van der Waals surface area (Å²) in [6.45, 7) is 3.68. The molecule has 1 amide bonds. The van der Waals surface area contributed by atoms with Gasteiger partial charge in [-0.15, -0.1) is 0 Å². The Hall–Kier alpha value is -3.15. The molecule has 0 radical (unpaired) electrons. The van der Waals surface area contributed by atoms with Crippen molar-refractivity contribution in [3.05, 3.63) is 109 Å². The van der Waals surface area contributed by atoms with E-state index in [9.17, 15) is 30.3 Å². The van der Waals surface area contributed by atoms with Gasteiger partial charge in [0.05, 0.1) is 25.4 Å². The molecule has 6 N–H and O–H groups in total. The molecule has 0 spiro atoms. The summed E-state index contributed by atoms with van der Waals surface area (Å²) in [7, 11) is 0. The lowest BCUT2D eigenvalue weighted by atomic mass is 9.99. The van der Waals surface area contributed by atoms with E-state index in [1.165, 1.54) is 231 Å². The van der Waals surface area contributed by atoms with Crippen molar-refractivity contribution in [2.45, 2.75) is 378 Å². The first kappa shape index (κ1) is 83.9. The van der Waals surface area contributed by atoms with Crippen LogP contribution in [0, 0.1) is 0 Å². The molecule has 0 aliphatic carbocycles. The van der Waals surface area contributed by atoms with Gasteiger partial charge in [-0.1, -0.05) is 348 Å². The van der Waals surface area contributed by atoms with Crippen LogP contribution >= 0.6 is 0 Å². The Morgan fingerprint density at radius 2 is 0.708 bits per heavy atom. The molecule has 7 unspecified atom stereocenters. The van der Waals surface area contributed by atoms with Crippen molar-refractivity contribution in [3.8, 4) is 0 Å². The van der Waals surface area contributed by atoms with Crippen LogP contribution in [0.4, 0.5) is 0 Å². The molecule has 1 heterocycles. The van der Waals surface area contributed by atoms with E-state index in [2.05, 4.69) is 116 Å². The Morgan fingerprint density at radius 3 is 1.08 bits per heavy atom. The zero-order chi connectivity index (χ0) is 64.2. The Kier molecular flexibility index (Phi) is 63.8. The van der Waals surface area contributed by atoms with E-state index in [1.807, 2.05) is 6.08 Å². The lowest BCUT2D eigenvalue weighted by Gasteiger charge is -2.40. The first-order valence-corrected chi connectivity index (χ1v) is 37.6. The summed E-state index contributed by atoms with van der Waals surface area (Å²) in [5.74, 6) is -0.188. The van der Waals surface area contributed by atoms with E-state index >= 15 is 0 Å². The van der Waals surface area contributed by atoms with Crippen LogP contribution in [0.1, 0.15) is 335 Å². The Balaban J connectivity index is 2.14. The number of aliphatic hydroxyl groups excluding tert-OH is 5. The maximum absolute atomic E-state index is 13.2. The van der Waals surface area contributed by atoms with E-state index in [1.54, 1.807) is 6.08 Å². The number of ether oxygens (including phenoxy) is 2. The van der Waals surface area contributed by atoms with Crippen LogP contribution < -0.4 is 5.32 Å². The van der Waals surface area contributed by atoms with Crippen molar-refractivity contribution in [1.82, 2.24) is 5.32 Å². The first-order chi connectivity index (χ1) is 43.8. The number of carbonyl (C=O) groups is 1. The molecule has 7 atom stereocenters. The maximum atomic E-state index is 13.2. The average Bonchev–Trinajstić information content (AvgIpc) is 2.28. The van der Waals surface area contributed by atoms with Crippen LogP contribution in [-0.4, -0.2) is 87.5 Å². The van der Waals surface area contributed by atoms with E-state index < -0.39 is 49.5 Å². The molecule has 9 nitrogen and oxygen atoms in total. The summed E-state index contributed by atoms with van der Waals surface area (Å²) in [6.07, 6.45) is 93.5. The number of nitrogens with one attached hydrogen (secondary N) is 1. The van der Waals surface area contributed by atoms with Gasteiger partial charge in [0.25, 0.3) is 0 Å². The molecular formula is C80H141NO8. The van der Waals surface area contributed by atoms with Crippen LogP contribution in [0.5, 0.6) is 0 Å². The van der Waals surface area contributed by atoms with E-state index in [4.69, 9.17) is 9.47 Å². The van der Waals surface area contributed by atoms with Crippen molar-refractivity contribution in [3.63, 3.8) is 0 Å². The highest BCUT2D eigenvalue weighted by Crippen LogP contribution is 2.23. The van der Waals surface area contributed by atoms with Gasteiger partial charge in [-0.05, 0) is 89.9 Å². The predicted octanol–water partition coefficient (Wildman–Crippen LogP) is 21.2. The van der Waals surface area contributed by atoms with Crippen LogP contribution in [0.15, 0.2) is 109 Å². The van der Waals surface area contributed by atoms with Gasteiger partial charge >= 0.3 is 0 Å². The average molecular weight is 1250 g/mol. The van der Waals surface area contributed by atoms with Gasteiger partial charge in [-0.3, -0.25) is 4.79 Å². The van der Waals surface area contributed by atoms with Gasteiger partial charge in [0.2, 0.25) is 5.91 Å². The topological polar surface area (TPSA) is 149 Å². The number of carbonyl (C=O) groups excluding carboxylic acids is 1. The fourth-order valence-electron chi connectivity index (χ4n) is 11.5. The summed E-state index contributed by atoms with van der Waals surface area (Å²) in [5.41, 5.74) is 0. The molecule has 89 heavy (non-hydrogen) atoms. The summed E-state index contributed by atoms with van der Waals surface area (Å²) < 4.78 is 11.3. The smallest absolute Gasteiger partial charge is 0.220 e. The van der Waals surface area contributed by atoms with Crippen LogP contribution in [0.3, 0.4) is 0 Å². The normalized spacial score (nSPS) is 18.5. The number of hydrogen-bond donors (Lipinski definition) is 6. The van der Waals surface area contributed by atoms with Gasteiger partial charge in [0.1, 0.15) is 24.4 Å². The minimum absolute atomic E-state index is 0.188. The van der Waals surface area contributed by atoms with Gasteiger partial charge in [0, 0.05) is 6.42 Å². The zero-order valence-electron chi connectivity index (χ0n) is 57.7. The minimum atomic E-state index is -1.58. The lowest BCUT2D eigenvalue weighted by molar-refractivity contribution is -0.302. The first-order valence-electron chi connectivity index (χ1n) is 37.6. The minimum Gasteiger partial charge on any atom is -0.394 e. The predicted molar refractivity (Wildman–Crippen MR) is 382 cm³/mol. The largest absolute Gasteiger partial charge is 0.394 e. The molecule has 0 aromatic carbocycles. The number of aliphatic hydroxyl groups is 5. The standard InChI is InChI=1S/C80H141NO8/c1-3-5-7-9-11-13-15-17-19-21-23-25-27-29-31-33-35-36-37-38-40-42-44-46-48-50-52-54-56-58-60-62-64-66-68-70-76(84)81-73(72-88-80-79(87)78(86)77(85)75(71-82)89-80)74(83)69-67-65-63-61-59-57-55-53-51-49-47-45-43-41-39-34-32-30-28-26-24-22-20-18-16-14-12-10-8-6-4-2/h5,7,11,13,17,19,23,25,29,31,35-36,38,40,59,61,67,69,73-75,77-80,82-83,85-87H,3-4,6,8-10,12,14-16,18,20-22,24,26-28,30,32-34,37,39,41-58,60,62-66,68,70-72H2,1-2H3,(H,81,84)/b7-5-,13-11-,19-17-,25-23-,31-29-,36-35-,40-38-,61-59+,69-67+. The molecule has 1 fully saturated rings. The highest BCUT2D eigenvalue weighted by Gasteiger charge is 2.44. The summed E-state index contributed by atoms with van der Waals surface area (Å²) in [4.78, 5) is 13.2. The van der Waals surface area contributed by atoms with Crippen LogP contribution in [0.25, 0.3) is 0 Å². The van der Waals surface area contributed by atoms with Crippen LogP contribution in [0.2, 0.25) is 0 Å². The number of rotatable bonds is 65. The summed E-state index contributed by atoms with van der Waals surface area (Å²) in [6, 6.07) is -0.831. The van der Waals surface area contributed by atoms with Crippen molar-refractivity contribution >= 4 is 5.91 Å². The molecule has 1 aliphatic heterocycles. The third kappa shape index (κ3) is 56.1. The van der Waals surface area contributed by atoms with E-state index in [-0.39, 0.29) is 12.5 Å². The monoisotopic (exact) mass is 1240 g/mol. The van der Waals surface area contributed by atoms with E-state index in [0.29, 0.717) is 6.42 Å². The van der Waals surface area contributed by atoms with Crippen molar-refractivity contribution in [2.24, 2.45) is 0 Å². The maximum Gasteiger partial charge on any atom is 0.220 e. The second-order valence-electron chi connectivity index (χ2n) is 25.7. The SMILES string of the molecule is CC/C=C\C/C=C\C/C=C\C/C=C\C/C=C\C/C=C\C/C=C\CCCCCCCCCCCCCCCC(=O)NC(COC1OC(CO)C(O)C(O)C1O)C(O)/C=C/CC/C=C/CCCCCCCCCCCCCCCCCCCCCCCCCCC. The number of allylic oxidation sites excluding steroid dienone is 17. The Bertz CT molecular complexity index is 1780. The zero-order valence-corrected chi connectivity index (χ0v) is 57.7. The third-order valence-corrected chi connectivity index (χ3v) is 17.3. The lowest BCUT2D eigenvalue weighted by Crippen LogP contribution is -2.60. The molecule has 0 bridgehead atoms. The number of hydrogen-bond acceptors (Lipinski definition) is 8.